The standard InChI is InChI=1S/C6H9BrO/c7-5-3-1-2-4-6-8/h1,3,6H,2,4-5H2/b3-1-. The molecule has 0 bridgehead atoms. The Morgan fingerprint density at radius 3 is 2.50 bits per heavy atom. The molecule has 2 heteroatoms. The van der Waals surface area contributed by atoms with Crippen molar-refractivity contribution in [3.05, 3.63) is 12.2 Å². The molecule has 0 aliphatic rings. The van der Waals surface area contributed by atoms with Crippen LogP contribution in [-0.2, 0) is 4.79 Å². The quantitative estimate of drug-likeness (QED) is 0.277. The Hall–Kier alpha value is -0.110. The van der Waals surface area contributed by atoms with Gasteiger partial charge in [-0.3, -0.25) is 0 Å². The van der Waals surface area contributed by atoms with Gasteiger partial charge >= 0.3 is 0 Å². The monoisotopic (exact) mass is 176 g/mol. The Kier molecular flexibility index (Phi) is 6.80. The van der Waals surface area contributed by atoms with Gasteiger partial charge in [-0.05, 0) is 6.42 Å². The smallest absolute Gasteiger partial charge is 0.120 e. The molecule has 0 N–H and O–H groups in total. The molecule has 0 fully saturated rings. The molecule has 0 saturated heterocycles. The fourth-order valence-corrected chi connectivity index (χ4v) is 0.609. The van der Waals surface area contributed by atoms with E-state index in [-0.39, 0.29) is 0 Å². The summed E-state index contributed by atoms with van der Waals surface area (Å²) >= 11 is 3.23. The Labute approximate surface area is 57.9 Å². The van der Waals surface area contributed by atoms with Crippen LogP contribution in [0.15, 0.2) is 12.2 Å². The van der Waals surface area contributed by atoms with Gasteiger partial charge in [0.25, 0.3) is 0 Å². The Morgan fingerprint density at radius 2 is 2.00 bits per heavy atom. The zero-order chi connectivity index (χ0) is 6.24. The average Bonchev–Trinajstić information content (AvgIpc) is 1.81. The molecular weight excluding hydrogens is 168 g/mol. The summed E-state index contributed by atoms with van der Waals surface area (Å²) in [6, 6.07) is 0. The van der Waals surface area contributed by atoms with Gasteiger partial charge in [0.15, 0.2) is 0 Å². The Morgan fingerprint density at radius 1 is 1.25 bits per heavy atom. The number of alkyl halides is 1. The summed E-state index contributed by atoms with van der Waals surface area (Å²) in [5.74, 6) is 0. The minimum atomic E-state index is 0.642. The van der Waals surface area contributed by atoms with Crippen molar-refractivity contribution in [2.75, 3.05) is 5.33 Å². The zero-order valence-corrected chi connectivity index (χ0v) is 6.23. The molecule has 0 rings (SSSR count). The van der Waals surface area contributed by atoms with Gasteiger partial charge in [-0.2, -0.15) is 0 Å². The van der Waals surface area contributed by atoms with Crippen LogP contribution in [0, 0.1) is 0 Å². The number of aldehydes is 1. The summed E-state index contributed by atoms with van der Waals surface area (Å²) < 4.78 is 0. The highest BCUT2D eigenvalue weighted by Gasteiger charge is 1.74. The van der Waals surface area contributed by atoms with Crippen molar-refractivity contribution in [1.29, 1.82) is 0 Å². The van der Waals surface area contributed by atoms with Crippen molar-refractivity contribution in [3.63, 3.8) is 0 Å². The maximum absolute atomic E-state index is 9.72. The molecule has 46 valence electrons. The average molecular weight is 177 g/mol. The maximum Gasteiger partial charge on any atom is 0.120 e. The molecule has 0 saturated carbocycles. The van der Waals surface area contributed by atoms with Crippen molar-refractivity contribution in [2.24, 2.45) is 0 Å². The largest absolute Gasteiger partial charge is 0.303 e. The first-order chi connectivity index (χ1) is 3.91. The van der Waals surface area contributed by atoms with E-state index in [1.807, 2.05) is 12.2 Å². The second kappa shape index (κ2) is 6.89. The summed E-state index contributed by atoms with van der Waals surface area (Å²) in [6.07, 6.45) is 6.42. The number of allylic oxidation sites excluding steroid dienone is 2. The third kappa shape index (κ3) is 5.89. The first-order valence-corrected chi connectivity index (χ1v) is 3.68. The van der Waals surface area contributed by atoms with Crippen LogP contribution in [0.4, 0.5) is 0 Å². The highest BCUT2D eigenvalue weighted by atomic mass is 79.9. The van der Waals surface area contributed by atoms with Crippen molar-refractivity contribution >= 4 is 22.2 Å². The van der Waals surface area contributed by atoms with E-state index in [0.29, 0.717) is 6.42 Å². The van der Waals surface area contributed by atoms with Crippen LogP contribution in [0.3, 0.4) is 0 Å². The van der Waals surface area contributed by atoms with Gasteiger partial charge in [-0.1, -0.05) is 28.1 Å². The second-order valence-corrected chi connectivity index (χ2v) is 2.02. The van der Waals surface area contributed by atoms with Crippen LogP contribution in [0.2, 0.25) is 0 Å². The fourth-order valence-electron chi connectivity index (χ4n) is 0.345. The van der Waals surface area contributed by atoms with Crippen LogP contribution in [0.5, 0.6) is 0 Å². The van der Waals surface area contributed by atoms with Crippen LogP contribution in [0.1, 0.15) is 12.8 Å². The minimum Gasteiger partial charge on any atom is -0.303 e. The van der Waals surface area contributed by atoms with E-state index >= 15 is 0 Å². The van der Waals surface area contributed by atoms with Crippen LogP contribution in [0.25, 0.3) is 0 Å². The normalized spacial score (nSPS) is 10.1. The number of carbonyl (C=O) groups is 1. The van der Waals surface area contributed by atoms with Crippen LogP contribution in [-0.4, -0.2) is 11.6 Å². The molecule has 8 heavy (non-hydrogen) atoms. The molecule has 0 aromatic carbocycles. The molecule has 0 radical (unpaired) electrons. The molecule has 1 nitrogen and oxygen atoms in total. The van der Waals surface area contributed by atoms with E-state index in [4.69, 9.17) is 0 Å². The van der Waals surface area contributed by atoms with Crippen molar-refractivity contribution in [2.45, 2.75) is 12.8 Å². The van der Waals surface area contributed by atoms with Gasteiger partial charge in [0, 0.05) is 11.8 Å². The summed E-state index contributed by atoms with van der Waals surface area (Å²) in [7, 11) is 0. The third-order valence-corrected chi connectivity index (χ3v) is 1.08. The molecule has 0 aromatic rings. The highest BCUT2D eigenvalue weighted by Crippen LogP contribution is 1.88. The van der Waals surface area contributed by atoms with Gasteiger partial charge in [0.05, 0.1) is 0 Å². The van der Waals surface area contributed by atoms with Gasteiger partial charge < -0.3 is 4.79 Å². The highest BCUT2D eigenvalue weighted by molar-refractivity contribution is 9.09. The number of carbonyl (C=O) groups excluding carboxylic acids is 1. The van der Waals surface area contributed by atoms with E-state index in [2.05, 4.69) is 15.9 Å². The third-order valence-electron chi connectivity index (χ3n) is 0.707. The van der Waals surface area contributed by atoms with Gasteiger partial charge in [0.1, 0.15) is 6.29 Å². The van der Waals surface area contributed by atoms with E-state index in [0.717, 1.165) is 18.0 Å². The SMILES string of the molecule is O=CCC/C=C\CBr. The minimum absolute atomic E-state index is 0.642. The number of halogens is 1. The van der Waals surface area contributed by atoms with E-state index in [9.17, 15) is 4.79 Å². The lowest BCUT2D eigenvalue weighted by Crippen LogP contribution is -1.69. The topological polar surface area (TPSA) is 17.1 Å². The predicted molar refractivity (Wildman–Crippen MR) is 38.2 cm³/mol. The molecule has 0 aliphatic heterocycles. The summed E-state index contributed by atoms with van der Waals surface area (Å²) in [5, 5.41) is 0.881. The lowest BCUT2D eigenvalue weighted by Gasteiger charge is -1.78. The lowest BCUT2D eigenvalue weighted by molar-refractivity contribution is -0.107. The first kappa shape index (κ1) is 7.89. The molecular formula is C6H9BrO. The molecule has 0 amide bonds. The molecule has 0 aliphatic carbocycles. The van der Waals surface area contributed by atoms with Crippen molar-refractivity contribution in [3.8, 4) is 0 Å². The molecule has 0 atom stereocenters. The maximum atomic E-state index is 9.72. The van der Waals surface area contributed by atoms with Crippen molar-refractivity contribution < 1.29 is 4.79 Å². The Bertz CT molecular complexity index is 78.6. The summed E-state index contributed by atoms with van der Waals surface area (Å²) in [5.41, 5.74) is 0. The summed E-state index contributed by atoms with van der Waals surface area (Å²) in [6.45, 7) is 0. The summed E-state index contributed by atoms with van der Waals surface area (Å²) in [4.78, 5) is 9.72. The zero-order valence-electron chi connectivity index (χ0n) is 4.64. The van der Waals surface area contributed by atoms with Crippen LogP contribution >= 0.6 is 15.9 Å². The number of unbranched alkanes of at least 4 members (excludes halogenated alkanes) is 1. The predicted octanol–water partition coefficient (Wildman–Crippen LogP) is 1.92. The molecule has 0 spiro atoms. The van der Waals surface area contributed by atoms with E-state index < -0.39 is 0 Å². The molecule has 0 aromatic heterocycles. The van der Waals surface area contributed by atoms with Crippen molar-refractivity contribution in [1.82, 2.24) is 0 Å². The van der Waals surface area contributed by atoms with Crippen LogP contribution < -0.4 is 0 Å². The van der Waals surface area contributed by atoms with Gasteiger partial charge in [0.2, 0.25) is 0 Å². The second-order valence-electron chi connectivity index (χ2n) is 1.37. The number of hydrogen-bond acceptors (Lipinski definition) is 1. The molecule has 0 unspecified atom stereocenters. The number of hydrogen-bond donors (Lipinski definition) is 0. The fraction of sp³-hybridized carbons (Fsp3) is 0.500. The van der Waals surface area contributed by atoms with E-state index in [1.165, 1.54) is 0 Å². The lowest BCUT2D eigenvalue weighted by atomic mass is 10.3. The van der Waals surface area contributed by atoms with E-state index in [1.54, 1.807) is 0 Å². The Balaban J connectivity index is 2.90. The molecule has 0 heterocycles. The van der Waals surface area contributed by atoms with Gasteiger partial charge in [-0.25, -0.2) is 0 Å². The first-order valence-electron chi connectivity index (χ1n) is 2.56. The van der Waals surface area contributed by atoms with Gasteiger partial charge in [-0.15, -0.1) is 0 Å². The number of rotatable bonds is 4.